The smallest absolute Gasteiger partial charge is 0.256 e. The second kappa shape index (κ2) is 9.87. The molecule has 0 aliphatic carbocycles. The zero-order valence-corrected chi connectivity index (χ0v) is 21.9. The third kappa shape index (κ3) is 4.21. The fourth-order valence-electron chi connectivity index (χ4n) is 5.44. The van der Waals surface area contributed by atoms with E-state index in [-0.39, 0.29) is 24.0 Å². The van der Waals surface area contributed by atoms with Crippen molar-refractivity contribution in [3.8, 4) is 23.2 Å². The van der Waals surface area contributed by atoms with Crippen molar-refractivity contribution in [2.45, 2.75) is 44.8 Å². The number of methoxy groups -OCH3 is 1. The third-order valence-corrected chi connectivity index (χ3v) is 7.14. The molecule has 9 heteroatoms. The molecular formula is C28H32N6O3. The first kappa shape index (κ1) is 24.8. The van der Waals surface area contributed by atoms with Crippen LogP contribution in [0.4, 0.5) is 5.95 Å². The number of rotatable bonds is 6. The van der Waals surface area contributed by atoms with Crippen molar-refractivity contribution < 1.29 is 14.3 Å². The number of anilines is 1. The first-order chi connectivity index (χ1) is 17.8. The van der Waals surface area contributed by atoms with Crippen molar-refractivity contribution >= 4 is 11.9 Å². The Morgan fingerprint density at radius 2 is 1.86 bits per heavy atom. The number of amides is 1. The van der Waals surface area contributed by atoms with Crippen LogP contribution in [0.15, 0.2) is 36.5 Å². The maximum atomic E-state index is 14.1. The van der Waals surface area contributed by atoms with E-state index in [9.17, 15) is 10.1 Å². The van der Waals surface area contributed by atoms with E-state index in [4.69, 9.17) is 9.47 Å². The van der Waals surface area contributed by atoms with Crippen LogP contribution in [0.5, 0.6) is 5.88 Å². The van der Waals surface area contributed by atoms with E-state index in [1.165, 1.54) is 0 Å². The number of hydrogen-bond donors (Lipinski definition) is 0. The molecule has 0 saturated carbocycles. The molecule has 0 radical (unpaired) electrons. The number of nitriles is 1. The van der Waals surface area contributed by atoms with Crippen LogP contribution in [0.1, 0.15) is 66.0 Å². The van der Waals surface area contributed by atoms with E-state index in [0.29, 0.717) is 36.2 Å². The topological polar surface area (TPSA) is 96.5 Å². The lowest BCUT2D eigenvalue weighted by molar-refractivity contribution is 0.0242. The molecule has 3 aromatic rings. The fraction of sp³-hybridized carbons (Fsp3) is 0.429. The van der Waals surface area contributed by atoms with Crippen LogP contribution in [0.2, 0.25) is 0 Å². The average molecular weight is 501 g/mol. The van der Waals surface area contributed by atoms with Crippen LogP contribution in [-0.2, 0) is 4.74 Å². The second-order valence-electron chi connectivity index (χ2n) is 9.97. The summed E-state index contributed by atoms with van der Waals surface area (Å²) in [7, 11) is 5.36. The molecule has 1 saturated heterocycles. The highest BCUT2D eigenvalue weighted by Gasteiger charge is 2.45. The number of aromatic nitrogens is 3. The van der Waals surface area contributed by atoms with E-state index in [0.717, 1.165) is 35.4 Å². The molecule has 0 unspecified atom stereocenters. The average Bonchev–Trinajstić information content (AvgIpc) is 3.43. The zero-order chi connectivity index (χ0) is 26.3. The number of carbonyl (C=O) groups is 1. The van der Waals surface area contributed by atoms with E-state index >= 15 is 0 Å². The van der Waals surface area contributed by atoms with Gasteiger partial charge in [0.25, 0.3) is 5.91 Å². The highest BCUT2D eigenvalue weighted by atomic mass is 16.5. The Bertz CT molecular complexity index is 1350. The van der Waals surface area contributed by atoms with Gasteiger partial charge in [0.2, 0.25) is 11.8 Å². The van der Waals surface area contributed by atoms with Gasteiger partial charge in [0.15, 0.2) is 0 Å². The molecule has 0 spiro atoms. The lowest BCUT2D eigenvalue weighted by Gasteiger charge is -2.37. The first-order valence-corrected chi connectivity index (χ1v) is 12.6. The maximum Gasteiger partial charge on any atom is 0.256 e. The van der Waals surface area contributed by atoms with Gasteiger partial charge in [-0.1, -0.05) is 12.1 Å². The largest absolute Gasteiger partial charge is 0.480 e. The molecule has 9 nitrogen and oxygen atoms in total. The van der Waals surface area contributed by atoms with Crippen molar-refractivity contribution in [2.75, 3.05) is 39.3 Å². The number of hydrogen-bond acceptors (Lipinski definition) is 7. The summed E-state index contributed by atoms with van der Waals surface area (Å²) in [5, 5.41) is 9.34. The summed E-state index contributed by atoms with van der Waals surface area (Å²) < 4.78 is 13.5. The van der Waals surface area contributed by atoms with Crippen molar-refractivity contribution in [1.82, 2.24) is 19.4 Å². The predicted octanol–water partition coefficient (Wildman–Crippen LogP) is 4.20. The van der Waals surface area contributed by atoms with Gasteiger partial charge in [0.05, 0.1) is 47.3 Å². The van der Waals surface area contributed by atoms with Crippen LogP contribution in [0.25, 0.3) is 11.3 Å². The molecule has 1 aromatic carbocycles. The van der Waals surface area contributed by atoms with Crippen LogP contribution in [-0.4, -0.2) is 65.8 Å². The Balaban J connectivity index is 1.71. The highest BCUT2D eigenvalue weighted by Crippen LogP contribution is 2.47. The molecule has 192 valence electrons. The van der Waals surface area contributed by atoms with Gasteiger partial charge in [-0.05, 0) is 50.5 Å². The molecule has 5 rings (SSSR count). The van der Waals surface area contributed by atoms with Crippen LogP contribution in [0.3, 0.4) is 0 Å². The minimum absolute atomic E-state index is 0.0155. The number of nitrogens with zero attached hydrogens (tertiary/aromatic N) is 6. The van der Waals surface area contributed by atoms with Gasteiger partial charge in [0, 0.05) is 45.6 Å². The van der Waals surface area contributed by atoms with Crippen LogP contribution >= 0.6 is 0 Å². The standard InChI is InChI=1S/C28H32N6O3/c1-17(2)33-23(22-16-30-28(32(3)4)31-26(22)36-5)14-21-25(33)24(19-8-6-18(15-29)7-9-19)34(27(21)35)20-10-12-37-13-11-20/h6-9,14,16-17,20,24H,10-13H2,1-5H3/t24-/m0/s1. The summed E-state index contributed by atoms with van der Waals surface area (Å²) in [6, 6.07) is 11.6. The zero-order valence-electron chi connectivity index (χ0n) is 21.9. The summed E-state index contributed by atoms with van der Waals surface area (Å²) in [5.74, 6) is 1.02. The van der Waals surface area contributed by atoms with Crippen molar-refractivity contribution in [3.63, 3.8) is 0 Å². The predicted molar refractivity (Wildman–Crippen MR) is 140 cm³/mol. The Hall–Kier alpha value is -3.90. The summed E-state index contributed by atoms with van der Waals surface area (Å²) in [6.07, 6.45) is 3.36. The quantitative estimate of drug-likeness (QED) is 0.501. The second-order valence-corrected chi connectivity index (χ2v) is 9.97. The SMILES string of the molecule is COc1nc(N(C)C)ncc1-c1cc2c(n1C(C)C)[C@H](c1ccc(C#N)cc1)N(C1CCOCC1)C2=O. The van der Waals surface area contributed by atoms with Crippen molar-refractivity contribution in [1.29, 1.82) is 5.26 Å². The van der Waals surface area contributed by atoms with Gasteiger partial charge in [0.1, 0.15) is 0 Å². The lowest BCUT2D eigenvalue weighted by Crippen LogP contribution is -2.42. The van der Waals surface area contributed by atoms with E-state index in [2.05, 4.69) is 34.5 Å². The minimum atomic E-state index is -0.276. The summed E-state index contributed by atoms with van der Waals surface area (Å²) in [6.45, 7) is 5.51. The summed E-state index contributed by atoms with van der Waals surface area (Å²) in [5.41, 5.74) is 4.79. The lowest BCUT2D eigenvalue weighted by atomic mass is 9.98. The maximum absolute atomic E-state index is 14.1. The monoisotopic (exact) mass is 500 g/mol. The molecule has 1 atom stereocenters. The Labute approximate surface area is 217 Å². The van der Waals surface area contributed by atoms with Crippen molar-refractivity contribution in [2.24, 2.45) is 0 Å². The molecule has 2 aromatic heterocycles. The molecule has 37 heavy (non-hydrogen) atoms. The normalized spacial score (nSPS) is 17.7. The summed E-state index contributed by atoms with van der Waals surface area (Å²) >= 11 is 0. The summed E-state index contributed by atoms with van der Waals surface area (Å²) in [4.78, 5) is 27.0. The molecule has 1 fully saturated rings. The number of fused-ring (bicyclic) bond motifs is 1. The fourth-order valence-corrected chi connectivity index (χ4v) is 5.44. The molecule has 1 amide bonds. The highest BCUT2D eigenvalue weighted by molar-refractivity contribution is 6.01. The van der Waals surface area contributed by atoms with Gasteiger partial charge in [-0.25, -0.2) is 4.98 Å². The minimum Gasteiger partial charge on any atom is -0.480 e. The van der Waals surface area contributed by atoms with Gasteiger partial charge in [-0.15, -0.1) is 0 Å². The van der Waals surface area contributed by atoms with Crippen LogP contribution in [0, 0.1) is 11.3 Å². The van der Waals surface area contributed by atoms with Gasteiger partial charge >= 0.3 is 0 Å². The molecular weight excluding hydrogens is 468 g/mol. The Kier molecular flexibility index (Phi) is 6.61. The molecule has 0 N–H and O–H groups in total. The van der Waals surface area contributed by atoms with Crippen LogP contribution < -0.4 is 9.64 Å². The van der Waals surface area contributed by atoms with E-state index in [1.807, 2.05) is 54.2 Å². The number of benzene rings is 1. The van der Waals surface area contributed by atoms with Crippen molar-refractivity contribution in [3.05, 3.63) is 58.9 Å². The Morgan fingerprint density at radius 3 is 2.46 bits per heavy atom. The van der Waals surface area contributed by atoms with E-state index in [1.54, 1.807) is 13.3 Å². The van der Waals surface area contributed by atoms with Gasteiger partial charge in [-0.3, -0.25) is 4.79 Å². The molecule has 0 bridgehead atoms. The molecule has 2 aliphatic heterocycles. The van der Waals surface area contributed by atoms with Gasteiger partial charge in [-0.2, -0.15) is 10.2 Å². The number of carbonyl (C=O) groups excluding carboxylic acids is 1. The molecule has 2 aliphatic rings. The molecule has 4 heterocycles. The third-order valence-electron chi connectivity index (χ3n) is 7.14. The van der Waals surface area contributed by atoms with E-state index < -0.39 is 0 Å². The van der Waals surface area contributed by atoms with Gasteiger partial charge < -0.3 is 23.8 Å². The number of ether oxygens (including phenoxy) is 2. The first-order valence-electron chi connectivity index (χ1n) is 12.6. The Morgan fingerprint density at radius 1 is 1.16 bits per heavy atom.